The van der Waals surface area contributed by atoms with Gasteiger partial charge in [-0.1, -0.05) is 0 Å². The molecule has 1 saturated carbocycles. The Morgan fingerprint density at radius 2 is 1.96 bits per heavy atom. The van der Waals surface area contributed by atoms with Crippen LogP contribution in [0.15, 0.2) is 6.20 Å². The summed E-state index contributed by atoms with van der Waals surface area (Å²) in [5.41, 5.74) is 0. The van der Waals surface area contributed by atoms with Crippen LogP contribution >= 0.6 is 0 Å². The van der Waals surface area contributed by atoms with Crippen LogP contribution in [0.5, 0.6) is 0 Å². The molecule has 0 aromatic carbocycles. The first-order chi connectivity index (χ1) is 10.9. The molecule has 1 N–H and O–H groups in total. The van der Waals surface area contributed by atoms with Crippen molar-refractivity contribution in [1.82, 2.24) is 9.97 Å². The number of aromatic nitrogens is 2. The number of carbonyl (C=O) groups excluding carboxylic acids is 1. The molecule has 1 fully saturated rings. The maximum atomic E-state index is 12.5. The first-order valence-corrected chi connectivity index (χ1v) is 18.4. The van der Waals surface area contributed by atoms with Gasteiger partial charge in [0.25, 0.3) is 0 Å². The number of hydrogen-bond acceptors (Lipinski definition) is 5. The monoisotopic (exact) mass is 426 g/mol. The number of anilines is 2. The van der Waals surface area contributed by atoms with Crippen molar-refractivity contribution in [1.29, 1.82) is 0 Å². The summed E-state index contributed by atoms with van der Waals surface area (Å²) in [6.45, 7) is 0.314. The molecular formula is C16H26N4O2Sn. The van der Waals surface area contributed by atoms with Crippen LogP contribution in [0.4, 0.5) is 11.6 Å². The van der Waals surface area contributed by atoms with Gasteiger partial charge in [-0.2, -0.15) is 0 Å². The second-order valence-corrected chi connectivity index (χ2v) is 21.8. The molecular weight excluding hydrogens is 399 g/mol. The molecule has 0 spiro atoms. The second-order valence-electron chi connectivity index (χ2n) is 7.46. The Balaban J connectivity index is 1.87. The van der Waals surface area contributed by atoms with Crippen molar-refractivity contribution in [2.75, 3.05) is 23.9 Å². The molecule has 0 bridgehead atoms. The van der Waals surface area contributed by atoms with E-state index < -0.39 is 18.4 Å². The number of fused-ring (bicyclic) bond motifs is 1. The van der Waals surface area contributed by atoms with E-state index in [-0.39, 0.29) is 11.9 Å². The molecule has 1 amide bonds. The average Bonchev–Trinajstić information content (AvgIpc) is 2.53. The third kappa shape index (κ3) is 3.47. The third-order valence-electron chi connectivity index (χ3n) is 4.77. The predicted molar refractivity (Wildman–Crippen MR) is 94.0 cm³/mol. The zero-order valence-electron chi connectivity index (χ0n) is 14.4. The molecule has 7 heteroatoms. The average molecular weight is 425 g/mol. The van der Waals surface area contributed by atoms with Crippen molar-refractivity contribution in [2.24, 2.45) is 0 Å². The summed E-state index contributed by atoms with van der Waals surface area (Å²) in [6.07, 6.45) is 6.14. The molecule has 0 atom stereocenters. The summed E-state index contributed by atoms with van der Waals surface area (Å²) in [6, 6.07) is 0.216. The minimum atomic E-state index is -2.26. The van der Waals surface area contributed by atoms with Crippen molar-refractivity contribution in [3.63, 3.8) is 0 Å². The van der Waals surface area contributed by atoms with Crippen molar-refractivity contribution in [2.45, 2.75) is 52.6 Å². The quantitative estimate of drug-likeness (QED) is 0.748. The summed E-state index contributed by atoms with van der Waals surface area (Å²) in [4.78, 5) is 30.7. The van der Waals surface area contributed by atoms with Gasteiger partial charge in [0.15, 0.2) is 0 Å². The fourth-order valence-electron chi connectivity index (χ4n) is 3.32. The number of carbonyl (C=O) groups is 1. The number of rotatable bonds is 3. The molecule has 1 aliphatic carbocycles. The predicted octanol–water partition coefficient (Wildman–Crippen LogP) is 1.74. The van der Waals surface area contributed by atoms with E-state index in [1.54, 1.807) is 7.11 Å². The SMILES string of the molecule is COC1CCC(N2C(=O)CNc3n[c]([Sn]([CH3])([CH3])[CH3])cnc32)CC1. The fraction of sp³-hybridized carbons (Fsp3) is 0.688. The maximum absolute atomic E-state index is 12.5. The van der Waals surface area contributed by atoms with E-state index in [0.717, 1.165) is 35.2 Å². The van der Waals surface area contributed by atoms with Gasteiger partial charge in [-0.3, -0.25) is 0 Å². The molecule has 1 aromatic rings. The Morgan fingerprint density at radius 1 is 1.26 bits per heavy atom. The topological polar surface area (TPSA) is 67.3 Å². The Kier molecular flexibility index (Phi) is 4.82. The number of hydrogen-bond donors (Lipinski definition) is 1. The molecule has 0 saturated heterocycles. The van der Waals surface area contributed by atoms with E-state index in [9.17, 15) is 4.79 Å². The van der Waals surface area contributed by atoms with Crippen LogP contribution in [0, 0.1) is 0 Å². The van der Waals surface area contributed by atoms with E-state index in [1.807, 2.05) is 11.1 Å². The minimum absolute atomic E-state index is 0.0969. The number of methoxy groups -OCH3 is 1. The fourth-order valence-corrected chi connectivity index (χ4v) is 5.88. The molecule has 2 aliphatic rings. The van der Waals surface area contributed by atoms with Crippen molar-refractivity contribution >= 4 is 39.6 Å². The molecule has 3 rings (SSSR count). The van der Waals surface area contributed by atoms with E-state index in [0.29, 0.717) is 18.5 Å². The first-order valence-electron chi connectivity index (χ1n) is 8.36. The van der Waals surface area contributed by atoms with Crippen LogP contribution < -0.4 is 13.9 Å². The van der Waals surface area contributed by atoms with Gasteiger partial charge in [0.05, 0.1) is 0 Å². The van der Waals surface area contributed by atoms with Gasteiger partial charge in [0, 0.05) is 0 Å². The van der Waals surface area contributed by atoms with Gasteiger partial charge in [0.2, 0.25) is 0 Å². The van der Waals surface area contributed by atoms with Crippen LogP contribution in [0.25, 0.3) is 0 Å². The number of nitrogens with zero attached hydrogens (tertiary/aromatic N) is 3. The molecule has 2 heterocycles. The van der Waals surface area contributed by atoms with Gasteiger partial charge >= 0.3 is 142 Å². The van der Waals surface area contributed by atoms with Crippen LogP contribution in [0.3, 0.4) is 0 Å². The summed E-state index contributed by atoms with van der Waals surface area (Å²) in [7, 11) is 1.77. The van der Waals surface area contributed by atoms with Gasteiger partial charge in [-0.25, -0.2) is 0 Å². The summed E-state index contributed by atoms with van der Waals surface area (Å²) in [5.74, 6) is 1.59. The van der Waals surface area contributed by atoms with E-state index in [4.69, 9.17) is 9.72 Å². The standard InChI is InChI=1S/C13H17N4O2.3CH3.Sn/c1-19-10-4-2-9(3-5-10)17-11(18)8-16-12-13(17)15-7-6-14-12;;;;/h7,9-10H,2-5,8H2,1H3,(H,14,16);3*1H3;. The number of ether oxygens (including phenoxy) is 1. The van der Waals surface area contributed by atoms with Gasteiger partial charge in [-0.05, 0) is 0 Å². The van der Waals surface area contributed by atoms with E-state index in [1.165, 1.54) is 0 Å². The van der Waals surface area contributed by atoms with Gasteiger partial charge in [-0.15, -0.1) is 0 Å². The van der Waals surface area contributed by atoms with Crippen LogP contribution in [0.1, 0.15) is 25.7 Å². The van der Waals surface area contributed by atoms with Crippen LogP contribution in [-0.2, 0) is 9.53 Å². The third-order valence-corrected chi connectivity index (χ3v) is 9.84. The first kappa shape index (κ1) is 16.9. The van der Waals surface area contributed by atoms with Crippen LogP contribution in [-0.4, -0.2) is 60.1 Å². The normalized spacial score (nSPS) is 25.0. The summed E-state index contributed by atoms with van der Waals surface area (Å²) in [5, 5.41) is 3.16. The molecule has 6 nitrogen and oxygen atoms in total. The zero-order valence-corrected chi connectivity index (χ0v) is 17.3. The van der Waals surface area contributed by atoms with E-state index in [2.05, 4.69) is 25.1 Å². The second kappa shape index (κ2) is 6.55. The molecule has 0 radical (unpaired) electrons. The van der Waals surface area contributed by atoms with Crippen LogP contribution in [0.2, 0.25) is 14.8 Å². The molecule has 1 aliphatic heterocycles. The molecule has 0 unspecified atom stereocenters. The number of nitrogens with one attached hydrogen (secondary N) is 1. The van der Waals surface area contributed by atoms with E-state index >= 15 is 0 Å². The van der Waals surface area contributed by atoms with Crippen molar-refractivity contribution in [3.8, 4) is 0 Å². The summed E-state index contributed by atoms with van der Waals surface area (Å²) < 4.78 is 6.58. The molecule has 126 valence electrons. The zero-order chi connectivity index (χ0) is 16.6. The Morgan fingerprint density at radius 3 is 2.57 bits per heavy atom. The Hall–Kier alpha value is -0.891. The Bertz CT molecular complexity index is 594. The molecule has 23 heavy (non-hydrogen) atoms. The van der Waals surface area contributed by atoms with Crippen molar-refractivity contribution < 1.29 is 9.53 Å². The molecule has 1 aromatic heterocycles. The van der Waals surface area contributed by atoms with Gasteiger partial charge in [0.1, 0.15) is 0 Å². The van der Waals surface area contributed by atoms with Crippen molar-refractivity contribution in [3.05, 3.63) is 6.20 Å². The number of amides is 1. The summed E-state index contributed by atoms with van der Waals surface area (Å²) >= 11 is -2.26. The van der Waals surface area contributed by atoms with Gasteiger partial charge < -0.3 is 0 Å². The Labute approximate surface area is 141 Å².